The van der Waals surface area contributed by atoms with Crippen molar-refractivity contribution in [3.8, 4) is 0 Å². The zero-order valence-corrected chi connectivity index (χ0v) is 19.6. The molecule has 1 aromatic heterocycles. The molecule has 3 aliphatic rings. The van der Waals surface area contributed by atoms with E-state index in [0.29, 0.717) is 30.8 Å². The van der Waals surface area contributed by atoms with Crippen molar-refractivity contribution in [2.75, 3.05) is 25.9 Å². The standard InChI is InChI=1S/C22H33N3O5S/c1-14(2)19-20-17(25(22(19)27)31(4,28)29)7-11-24(20)21(26)16-8-12-30-18(16)13-23-9-5-15(3)6-10-23/h8,12,14-15,17,19-20H,5-7,9-11,13H2,1-4H3/t17-,19+,20-/m0/s1. The van der Waals surface area contributed by atoms with Gasteiger partial charge in [0.05, 0.1) is 42.6 Å². The van der Waals surface area contributed by atoms with Gasteiger partial charge in [-0.3, -0.25) is 14.5 Å². The van der Waals surface area contributed by atoms with Crippen LogP contribution in [0.3, 0.4) is 0 Å². The molecule has 0 N–H and O–H groups in total. The molecule has 4 rings (SSSR count). The lowest BCUT2D eigenvalue weighted by Crippen LogP contribution is -2.44. The minimum absolute atomic E-state index is 0.0701. The van der Waals surface area contributed by atoms with Crippen molar-refractivity contribution in [3.05, 3.63) is 23.7 Å². The molecule has 8 nitrogen and oxygen atoms in total. The maximum absolute atomic E-state index is 13.6. The minimum Gasteiger partial charge on any atom is -0.467 e. The number of amides is 2. The summed E-state index contributed by atoms with van der Waals surface area (Å²) in [6, 6.07) is 0.777. The summed E-state index contributed by atoms with van der Waals surface area (Å²) in [6.07, 6.45) is 5.36. The molecule has 0 saturated carbocycles. The molecular formula is C22H33N3O5S. The molecule has 0 spiro atoms. The Hall–Kier alpha value is -1.87. The van der Waals surface area contributed by atoms with Gasteiger partial charge in [-0.05, 0) is 50.3 Å². The van der Waals surface area contributed by atoms with Gasteiger partial charge in [-0.15, -0.1) is 0 Å². The average molecular weight is 452 g/mol. The summed E-state index contributed by atoms with van der Waals surface area (Å²) in [5.41, 5.74) is 0.520. The molecule has 4 heterocycles. The van der Waals surface area contributed by atoms with Crippen LogP contribution in [-0.2, 0) is 21.4 Å². The lowest BCUT2D eigenvalue weighted by Gasteiger charge is -2.31. The van der Waals surface area contributed by atoms with Crippen LogP contribution in [0.25, 0.3) is 0 Å². The highest BCUT2D eigenvalue weighted by Crippen LogP contribution is 2.42. The molecule has 0 aromatic carbocycles. The molecule has 3 atom stereocenters. The van der Waals surface area contributed by atoms with Crippen LogP contribution in [0.2, 0.25) is 0 Å². The maximum Gasteiger partial charge on any atom is 0.257 e. The number of nitrogens with zero attached hydrogens (tertiary/aromatic N) is 3. The van der Waals surface area contributed by atoms with Gasteiger partial charge >= 0.3 is 0 Å². The number of likely N-dealkylation sites (tertiary alicyclic amines) is 2. The predicted molar refractivity (Wildman–Crippen MR) is 116 cm³/mol. The van der Waals surface area contributed by atoms with Crippen LogP contribution in [0.1, 0.15) is 56.2 Å². The molecule has 9 heteroatoms. The van der Waals surface area contributed by atoms with Crippen molar-refractivity contribution in [1.29, 1.82) is 0 Å². The SMILES string of the molecule is CC1CCN(Cc2occc2C(=O)N2CC[C@H]3[C@H]2[C@@H](C(C)C)C(=O)N3S(C)(=O)=O)CC1. The number of fused-ring (bicyclic) bond motifs is 1. The van der Waals surface area contributed by atoms with Gasteiger partial charge in [-0.25, -0.2) is 12.7 Å². The minimum atomic E-state index is -3.69. The van der Waals surface area contributed by atoms with Crippen molar-refractivity contribution < 1.29 is 22.4 Å². The molecule has 0 bridgehead atoms. The first-order chi connectivity index (χ1) is 14.6. The predicted octanol–water partition coefficient (Wildman–Crippen LogP) is 2.17. The molecule has 1 aromatic rings. The maximum atomic E-state index is 13.6. The van der Waals surface area contributed by atoms with E-state index < -0.39 is 28.0 Å². The van der Waals surface area contributed by atoms with Gasteiger partial charge in [0.15, 0.2) is 0 Å². The molecule has 0 radical (unpaired) electrons. The molecule has 0 aliphatic carbocycles. The number of sulfonamides is 1. The quantitative estimate of drug-likeness (QED) is 0.681. The van der Waals surface area contributed by atoms with Crippen LogP contribution in [0.15, 0.2) is 16.7 Å². The monoisotopic (exact) mass is 451 g/mol. The van der Waals surface area contributed by atoms with Crippen LogP contribution in [0.5, 0.6) is 0 Å². The number of carbonyl (C=O) groups excluding carboxylic acids is 2. The Bertz CT molecular complexity index is 948. The van der Waals surface area contributed by atoms with Crippen LogP contribution in [-0.4, -0.2) is 72.3 Å². The molecule has 3 aliphatic heterocycles. The summed E-state index contributed by atoms with van der Waals surface area (Å²) < 4.78 is 31.4. The van der Waals surface area contributed by atoms with Crippen molar-refractivity contribution in [2.24, 2.45) is 17.8 Å². The first-order valence-electron chi connectivity index (χ1n) is 11.2. The van der Waals surface area contributed by atoms with Crippen molar-refractivity contribution >= 4 is 21.8 Å². The van der Waals surface area contributed by atoms with Gasteiger partial charge < -0.3 is 9.32 Å². The number of piperidine rings is 1. The fourth-order valence-electron chi connectivity index (χ4n) is 5.50. The summed E-state index contributed by atoms with van der Waals surface area (Å²) in [7, 11) is -3.69. The summed E-state index contributed by atoms with van der Waals surface area (Å²) in [5, 5.41) is 0. The second-order valence-electron chi connectivity index (χ2n) is 9.73. The number of hydrogen-bond donors (Lipinski definition) is 0. The molecule has 31 heavy (non-hydrogen) atoms. The van der Waals surface area contributed by atoms with Crippen molar-refractivity contribution in [2.45, 2.75) is 58.7 Å². The van der Waals surface area contributed by atoms with Crippen LogP contribution < -0.4 is 0 Å². The molecule has 0 unspecified atom stereocenters. The molecule has 2 amide bonds. The fraction of sp³-hybridized carbons (Fsp3) is 0.727. The molecule has 3 saturated heterocycles. The van der Waals surface area contributed by atoms with E-state index in [4.69, 9.17) is 4.42 Å². The zero-order valence-electron chi connectivity index (χ0n) is 18.8. The van der Waals surface area contributed by atoms with E-state index in [9.17, 15) is 18.0 Å². The van der Waals surface area contributed by atoms with E-state index in [1.807, 2.05) is 13.8 Å². The van der Waals surface area contributed by atoms with Gasteiger partial charge in [0.2, 0.25) is 15.9 Å². The average Bonchev–Trinajstić information content (AvgIpc) is 3.36. The largest absolute Gasteiger partial charge is 0.467 e. The summed E-state index contributed by atoms with van der Waals surface area (Å²) >= 11 is 0. The van der Waals surface area contributed by atoms with E-state index in [1.54, 1.807) is 17.2 Å². The molecule has 3 fully saturated rings. The van der Waals surface area contributed by atoms with E-state index in [2.05, 4.69) is 11.8 Å². The van der Waals surface area contributed by atoms with Crippen LogP contribution in [0.4, 0.5) is 0 Å². The Labute approximate surface area is 184 Å². The van der Waals surface area contributed by atoms with Gasteiger partial charge in [0.25, 0.3) is 5.91 Å². The Morgan fingerprint density at radius 2 is 1.87 bits per heavy atom. The Morgan fingerprint density at radius 3 is 2.48 bits per heavy atom. The number of hydrogen-bond acceptors (Lipinski definition) is 6. The first kappa shape index (κ1) is 22.3. The third-order valence-electron chi connectivity index (χ3n) is 7.15. The van der Waals surface area contributed by atoms with Gasteiger partial charge in [0, 0.05) is 6.54 Å². The van der Waals surface area contributed by atoms with Gasteiger partial charge in [0.1, 0.15) is 5.76 Å². The second kappa shape index (κ2) is 8.24. The Kier molecular flexibility index (Phi) is 5.93. The highest BCUT2D eigenvalue weighted by Gasteiger charge is 2.58. The lowest BCUT2D eigenvalue weighted by molar-refractivity contribution is -0.129. The van der Waals surface area contributed by atoms with Crippen molar-refractivity contribution in [3.63, 3.8) is 0 Å². The summed E-state index contributed by atoms with van der Waals surface area (Å²) in [5.74, 6) is 0.217. The molecule has 172 valence electrons. The Balaban J connectivity index is 1.58. The summed E-state index contributed by atoms with van der Waals surface area (Å²) in [4.78, 5) is 30.6. The lowest BCUT2D eigenvalue weighted by atomic mass is 9.88. The summed E-state index contributed by atoms with van der Waals surface area (Å²) in [6.45, 7) is 9.07. The third-order valence-corrected chi connectivity index (χ3v) is 8.31. The van der Waals surface area contributed by atoms with Crippen LogP contribution >= 0.6 is 0 Å². The number of carbonyl (C=O) groups is 2. The zero-order chi connectivity index (χ0) is 22.5. The second-order valence-corrected chi connectivity index (χ2v) is 11.6. The smallest absolute Gasteiger partial charge is 0.257 e. The van der Waals surface area contributed by atoms with E-state index in [-0.39, 0.29) is 17.7 Å². The normalized spacial score (nSPS) is 28.0. The van der Waals surface area contributed by atoms with Crippen LogP contribution in [0, 0.1) is 17.8 Å². The molecular weight excluding hydrogens is 418 g/mol. The topological polar surface area (TPSA) is 91.1 Å². The van der Waals surface area contributed by atoms with Crippen molar-refractivity contribution in [1.82, 2.24) is 14.1 Å². The van der Waals surface area contributed by atoms with E-state index >= 15 is 0 Å². The van der Waals surface area contributed by atoms with Gasteiger partial charge in [-0.2, -0.15) is 0 Å². The fourth-order valence-corrected chi connectivity index (χ4v) is 6.67. The number of furan rings is 1. The van der Waals surface area contributed by atoms with E-state index in [0.717, 1.165) is 42.4 Å². The first-order valence-corrected chi connectivity index (χ1v) is 13.1. The highest BCUT2D eigenvalue weighted by molar-refractivity contribution is 7.88. The van der Waals surface area contributed by atoms with E-state index in [1.165, 1.54) is 0 Å². The third kappa shape index (κ3) is 4.02. The highest BCUT2D eigenvalue weighted by atomic mass is 32.2. The number of rotatable bonds is 5. The van der Waals surface area contributed by atoms with Gasteiger partial charge in [-0.1, -0.05) is 20.8 Å². The Morgan fingerprint density at radius 1 is 1.19 bits per heavy atom.